The van der Waals surface area contributed by atoms with Crippen molar-refractivity contribution in [1.29, 1.82) is 0 Å². The maximum Gasteiger partial charge on any atom is 0.141 e. The molecule has 0 bridgehead atoms. The highest BCUT2D eigenvalue weighted by Crippen LogP contribution is 2.64. The smallest absolute Gasteiger partial charge is 0.141 e. The van der Waals surface area contributed by atoms with Gasteiger partial charge >= 0.3 is 0 Å². The lowest BCUT2D eigenvalue weighted by Crippen LogP contribution is -2.44. The van der Waals surface area contributed by atoms with E-state index in [9.17, 15) is 0 Å². The van der Waals surface area contributed by atoms with Crippen molar-refractivity contribution in [2.75, 3.05) is 9.80 Å². The molecule has 0 saturated carbocycles. The number of aliphatic imine (C=N–C) groups is 1. The Labute approximate surface area is 415 Å². The highest BCUT2D eigenvalue weighted by atomic mass is 15.3. The number of anilines is 5. The second-order valence-corrected chi connectivity index (χ2v) is 20.4. The van der Waals surface area contributed by atoms with Crippen molar-refractivity contribution in [1.82, 2.24) is 9.97 Å². The summed E-state index contributed by atoms with van der Waals surface area (Å²) in [7, 11) is 0. The van der Waals surface area contributed by atoms with E-state index < -0.39 is 11.0 Å². The fourth-order valence-electron chi connectivity index (χ4n) is 12.4. The summed E-state index contributed by atoms with van der Waals surface area (Å²) in [6, 6.07) is 80.5. The maximum absolute atomic E-state index is 5.49. The van der Waals surface area contributed by atoms with Gasteiger partial charge in [-0.2, -0.15) is 0 Å². The first-order valence-corrected chi connectivity index (χ1v) is 24.7. The Morgan fingerprint density at radius 2 is 0.859 bits per heavy atom. The minimum absolute atomic E-state index is 0.300. The Morgan fingerprint density at radius 1 is 0.380 bits per heavy atom. The van der Waals surface area contributed by atoms with E-state index in [1.165, 1.54) is 66.8 Å². The monoisotopic (exact) mass is 911 g/mol. The van der Waals surface area contributed by atoms with Crippen LogP contribution >= 0.6 is 0 Å². The molecule has 4 aliphatic rings. The molecule has 5 heteroatoms. The van der Waals surface area contributed by atoms with Gasteiger partial charge < -0.3 is 4.90 Å². The molecule has 2 aliphatic carbocycles. The van der Waals surface area contributed by atoms with E-state index in [1.54, 1.807) is 6.33 Å². The van der Waals surface area contributed by atoms with Gasteiger partial charge in [-0.15, -0.1) is 0 Å². The molecule has 1 spiro atoms. The fourth-order valence-corrected chi connectivity index (χ4v) is 12.4. The molecule has 338 valence electrons. The quantitative estimate of drug-likeness (QED) is 0.167. The number of hydrogen-bond acceptors (Lipinski definition) is 5. The number of benzene rings is 9. The highest BCUT2D eigenvalue weighted by molar-refractivity contribution is 6.17. The largest absolute Gasteiger partial charge is 0.310 e. The summed E-state index contributed by atoms with van der Waals surface area (Å²) in [6.07, 6.45) is 1.71. The van der Waals surface area contributed by atoms with Gasteiger partial charge in [0.15, 0.2) is 0 Å². The first-order valence-electron chi connectivity index (χ1n) is 24.7. The van der Waals surface area contributed by atoms with Crippen LogP contribution in [-0.4, -0.2) is 15.8 Å². The third-order valence-corrected chi connectivity index (χ3v) is 15.7. The Hall–Kier alpha value is -8.67. The van der Waals surface area contributed by atoms with E-state index in [0.717, 1.165) is 56.8 Å². The van der Waals surface area contributed by atoms with Gasteiger partial charge in [-0.3, -0.25) is 9.89 Å². The Bertz CT molecular complexity index is 3770. The number of fused-ring (bicyclic) bond motifs is 12. The van der Waals surface area contributed by atoms with Gasteiger partial charge in [0, 0.05) is 28.0 Å². The molecule has 0 saturated heterocycles. The van der Waals surface area contributed by atoms with Gasteiger partial charge in [0.05, 0.1) is 28.2 Å². The van der Waals surface area contributed by atoms with Crippen molar-refractivity contribution in [3.63, 3.8) is 0 Å². The minimum atomic E-state index is -0.554. The number of para-hydroxylation sites is 2. The van der Waals surface area contributed by atoms with Crippen molar-refractivity contribution >= 4 is 34.3 Å². The number of rotatable bonds is 6. The Morgan fingerprint density at radius 3 is 1.56 bits per heavy atom. The van der Waals surface area contributed by atoms with Crippen LogP contribution < -0.4 is 9.80 Å². The molecule has 0 unspecified atom stereocenters. The topological polar surface area (TPSA) is 44.6 Å². The van der Waals surface area contributed by atoms with Gasteiger partial charge in [0.2, 0.25) is 0 Å². The second-order valence-electron chi connectivity index (χ2n) is 20.4. The molecular weight excluding hydrogens is 863 g/mol. The Kier molecular flexibility index (Phi) is 8.82. The van der Waals surface area contributed by atoms with Gasteiger partial charge in [0.1, 0.15) is 17.7 Å². The zero-order chi connectivity index (χ0) is 47.6. The van der Waals surface area contributed by atoms with Crippen LogP contribution in [0.1, 0.15) is 72.5 Å². The van der Waals surface area contributed by atoms with Gasteiger partial charge in [-0.1, -0.05) is 170 Å². The van der Waals surface area contributed by atoms with Crippen LogP contribution in [0.25, 0.3) is 44.5 Å². The fraction of sp³-hybridized carbons (Fsp3) is 0.106. The molecule has 10 aromatic rings. The van der Waals surface area contributed by atoms with Crippen molar-refractivity contribution in [3.8, 4) is 44.5 Å². The molecule has 2 aliphatic heterocycles. The lowest BCUT2D eigenvalue weighted by Gasteiger charge is -2.45. The average Bonchev–Trinajstić information content (AvgIpc) is 3.89. The molecule has 0 N–H and O–H groups in total. The zero-order valence-corrected chi connectivity index (χ0v) is 40.1. The first-order chi connectivity index (χ1) is 34.7. The van der Waals surface area contributed by atoms with E-state index in [2.05, 4.69) is 256 Å². The van der Waals surface area contributed by atoms with E-state index in [0.29, 0.717) is 0 Å². The molecule has 3 heterocycles. The van der Waals surface area contributed by atoms with Gasteiger partial charge in [-0.25, -0.2) is 9.97 Å². The number of amidine groups is 1. The summed E-state index contributed by atoms with van der Waals surface area (Å²) in [5.74, 6) is 0.906. The summed E-state index contributed by atoms with van der Waals surface area (Å²) < 4.78 is 0. The number of nitrogens with zero attached hydrogens (tertiary/aromatic N) is 5. The molecule has 0 fully saturated rings. The van der Waals surface area contributed by atoms with E-state index in [4.69, 9.17) is 15.0 Å². The summed E-state index contributed by atoms with van der Waals surface area (Å²) in [4.78, 5) is 20.0. The third-order valence-electron chi connectivity index (χ3n) is 15.7. The van der Waals surface area contributed by atoms with Crippen LogP contribution in [0.4, 0.5) is 28.4 Å². The lowest BCUT2D eigenvalue weighted by molar-refractivity contribution is 0.516. The van der Waals surface area contributed by atoms with Crippen LogP contribution in [0.3, 0.4) is 0 Å². The molecule has 5 nitrogen and oxygen atoms in total. The van der Waals surface area contributed by atoms with Crippen molar-refractivity contribution in [3.05, 3.63) is 269 Å². The number of aromatic nitrogens is 2. The van der Waals surface area contributed by atoms with Crippen LogP contribution in [0.15, 0.2) is 230 Å². The highest BCUT2D eigenvalue weighted by Gasteiger charge is 2.52. The Balaban J connectivity index is 0.910. The summed E-state index contributed by atoms with van der Waals surface area (Å²) in [5, 5.41) is 0. The van der Waals surface area contributed by atoms with Crippen LogP contribution in [0.5, 0.6) is 0 Å². The molecular formula is C66H49N5. The predicted octanol–water partition coefficient (Wildman–Crippen LogP) is 16.1. The van der Waals surface area contributed by atoms with Crippen LogP contribution in [-0.2, 0) is 16.4 Å². The maximum atomic E-state index is 5.49. The molecule has 0 radical (unpaired) electrons. The molecule has 9 aromatic carbocycles. The molecule has 71 heavy (non-hydrogen) atoms. The number of hydrogen-bond donors (Lipinski definition) is 0. The van der Waals surface area contributed by atoms with Gasteiger partial charge in [0.25, 0.3) is 0 Å². The summed E-state index contributed by atoms with van der Waals surface area (Å²) in [6.45, 7) is 8.87. The SMILES string of the molecule is CC1(C)N=C(c2ccc(-c3ccc4c(c3)C3(c5ccccc5-c5ccccc53)c3cc(N(c5ccccc5)c5ccc(-c6ccccc6)cc5)ccc3-4)cc2)N2c3ccccc3C(C)(C)c3ncnc1c32. The minimum Gasteiger partial charge on any atom is -0.310 e. The van der Waals surface area contributed by atoms with Crippen molar-refractivity contribution < 1.29 is 0 Å². The van der Waals surface area contributed by atoms with Crippen LogP contribution in [0, 0.1) is 0 Å². The van der Waals surface area contributed by atoms with Crippen LogP contribution in [0.2, 0.25) is 0 Å². The molecule has 1 aromatic heterocycles. The summed E-state index contributed by atoms with van der Waals surface area (Å²) >= 11 is 0. The second kappa shape index (κ2) is 15.2. The summed E-state index contributed by atoms with van der Waals surface area (Å²) in [5.41, 5.74) is 23.4. The standard InChI is InChI=1S/C66H49N5/c1-64(2)56-25-15-16-26-59(56)71-60-61(64)67-41-68-62(60)65(3,4)69-63(71)45-29-27-44(28-30-45)46-33-37-52-53-38-36-49(70(47-19-9-6-10-20-47)48-34-31-43(32-35-48)42-17-7-5-8-18-42)40-58(53)66(57(52)39-46)54-23-13-11-21-50(54)51-22-12-14-24-55(51)66/h5-41H,1-4H3. The van der Waals surface area contributed by atoms with E-state index in [1.807, 2.05) is 0 Å². The first kappa shape index (κ1) is 41.3. The van der Waals surface area contributed by atoms with Gasteiger partial charge in [-0.05, 0) is 149 Å². The lowest BCUT2D eigenvalue weighted by atomic mass is 9.70. The molecule has 0 atom stereocenters. The molecule has 14 rings (SSSR count). The van der Waals surface area contributed by atoms with E-state index >= 15 is 0 Å². The zero-order valence-electron chi connectivity index (χ0n) is 40.1. The normalized spacial score (nSPS) is 15.4. The average molecular weight is 912 g/mol. The van der Waals surface area contributed by atoms with Crippen molar-refractivity contribution in [2.45, 2.75) is 44.1 Å². The molecule has 0 amide bonds. The predicted molar refractivity (Wildman–Crippen MR) is 291 cm³/mol. The van der Waals surface area contributed by atoms with Crippen molar-refractivity contribution in [2.24, 2.45) is 4.99 Å². The third kappa shape index (κ3) is 5.90. The van der Waals surface area contributed by atoms with E-state index in [-0.39, 0.29) is 5.41 Å².